The summed E-state index contributed by atoms with van der Waals surface area (Å²) in [5.41, 5.74) is 0.842. The molecule has 0 amide bonds. The Bertz CT molecular complexity index is 407. The Hall–Kier alpha value is -1.39. The Kier molecular flexibility index (Phi) is 4.93. The number of methoxy groups -OCH3 is 1. The highest BCUT2D eigenvalue weighted by atomic mass is 16.5. The highest BCUT2D eigenvalue weighted by Gasteiger charge is 2.28. The predicted octanol–water partition coefficient (Wildman–Crippen LogP) is 2.01. The second kappa shape index (κ2) is 6.68. The Balaban J connectivity index is 1.96. The summed E-state index contributed by atoms with van der Waals surface area (Å²) in [6.07, 6.45) is 3.46. The van der Waals surface area contributed by atoms with E-state index in [9.17, 15) is 9.90 Å². The SMILES string of the molecule is COC1CCCC1NCC(C(=O)O)c1ccccc1. The lowest BCUT2D eigenvalue weighted by Gasteiger charge is -2.22. The summed E-state index contributed by atoms with van der Waals surface area (Å²) in [6.45, 7) is 0.448. The van der Waals surface area contributed by atoms with Gasteiger partial charge in [-0.1, -0.05) is 30.3 Å². The Labute approximate surface area is 113 Å². The van der Waals surface area contributed by atoms with Crippen LogP contribution in [0.25, 0.3) is 0 Å². The minimum atomic E-state index is -0.786. The number of carboxylic acids is 1. The molecule has 0 aromatic heterocycles. The summed E-state index contributed by atoms with van der Waals surface area (Å²) in [4.78, 5) is 11.4. The van der Waals surface area contributed by atoms with Crippen LogP contribution in [0, 0.1) is 0 Å². The van der Waals surface area contributed by atoms with Gasteiger partial charge < -0.3 is 15.2 Å². The summed E-state index contributed by atoms with van der Waals surface area (Å²) in [7, 11) is 1.72. The van der Waals surface area contributed by atoms with Gasteiger partial charge in [-0.05, 0) is 24.8 Å². The van der Waals surface area contributed by atoms with Crippen molar-refractivity contribution >= 4 is 5.97 Å². The van der Waals surface area contributed by atoms with Crippen LogP contribution in [0.5, 0.6) is 0 Å². The normalized spacial score (nSPS) is 24.3. The third kappa shape index (κ3) is 3.55. The number of hydrogen-bond acceptors (Lipinski definition) is 3. The summed E-state index contributed by atoms with van der Waals surface area (Å²) in [6, 6.07) is 9.65. The first-order chi connectivity index (χ1) is 9.22. The molecule has 19 heavy (non-hydrogen) atoms. The third-order valence-corrected chi connectivity index (χ3v) is 3.84. The number of rotatable bonds is 6. The highest BCUT2D eigenvalue weighted by Crippen LogP contribution is 2.23. The maximum atomic E-state index is 11.4. The van der Waals surface area contributed by atoms with Gasteiger partial charge in [-0.25, -0.2) is 0 Å². The number of carboxylic acid groups (broad SMARTS) is 1. The quantitative estimate of drug-likeness (QED) is 0.824. The van der Waals surface area contributed by atoms with Crippen molar-refractivity contribution in [2.75, 3.05) is 13.7 Å². The van der Waals surface area contributed by atoms with Crippen molar-refractivity contribution in [2.45, 2.75) is 37.3 Å². The van der Waals surface area contributed by atoms with E-state index in [0.29, 0.717) is 6.54 Å². The van der Waals surface area contributed by atoms with Gasteiger partial charge in [0.25, 0.3) is 0 Å². The highest BCUT2D eigenvalue weighted by molar-refractivity contribution is 5.76. The standard InChI is InChI=1S/C15H21NO3/c1-19-14-9-5-8-13(14)16-10-12(15(17)18)11-6-3-2-4-7-11/h2-4,6-7,12-14,16H,5,8-10H2,1H3,(H,17,18). The third-order valence-electron chi connectivity index (χ3n) is 3.84. The monoisotopic (exact) mass is 263 g/mol. The van der Waals surface area contributed by atoms with Crippen LogP contribution >= 0.6 is 0 Å². The number of ether oxygens (including phenoxy) is 1. The van der Waals surface area contributed by atoms with Gasteiger partial charge in [0.15, 0.2) is 0 Å². The first-order valence-electron chi connectivity index (χ1n) is 6.76. The van der Waals surface area contributed by atoms with E-state index in [1.165, 1.54) is 0 Å². The smallest absolute Gasteiger partial charge is 0.312 e. The van der Waals surface area contributed by atoms with Crippen molar-refractivity contribution in [2.24, 2.45) is 0 Å². The Morgan fingerprint density at radius 1 is 1.42 bits per heavy atom. The molecule has 0 saturated heterocycles. The van der Waals surface area contributed by atoms with Crippen molar-refractivity contribution in [1.29, 1.82) is 0 Å². The molecule has 1 aliphatic carbocycles. The molecule has 2 N–H and O–H groups in total. The van der Waals surface area contributed by atoms with E-state index < -0.39 is 11.9 Å². The molecule has 0 heterocycles. The predicted molar refractivity (Wildman–Crippen MR) is 73.3 cm³/mol. The van der Waals surface area contributed by atoms with Gasteiger partial charge >= 0.3 is 5.97 Å². The van der Waals surface area contributed by atoms with E-state index in [0.717, 1.165) is 24.8 Å². The van der Waals surface area contributed by atoms with E-state index in [1.54, 1.807) is 7.11 Å². The van der Waals surface area contributed by atoms with E-state index in [4.69, 9.17) is 4.74 Å². The van der Waals surface area contributed by atoms with Crippen LogP contribution in [0.1, 0.15) is 30.7 Å². The molecule has 4 heteroatoms. The van der Waals surface area contributed by atoms with Crippen LogP contribution in [-0.4, -0.2) is 36.9 Å². The minimum absolute atomic E-state index is 0.213. The lowest BCUT2D eigenvalue weighted by Crippen LogP contribution is -2.40. The van der Waals surface area contributed by atoms with Crippen LogP contribution in [0.3, 0.4) is 0 Å². The Morgan fingerprint density at radius 3 is 2.79 bits per heavy atom. The van der Waals surface area contributed by atoms with Gasteiger partial charge in [0.2, 0.25) is 0 Å². The maximum absolute atomic E-state index is 11.4. The summed E-state index contributed by atoms with van der Waals surface area (Å²) in [5, 5.41) is 12.7. The molecule has 1 aliphatic rings. The van der Waals surface area contributed by atoms with Crippen molar-refractivity contribution in [3.05, 3.63) is 35.9 Å². The molecule has 3 unspecified atom stereocenters. The molecular formula is C15H21NO3. The lowest BCUT2D eigenvalue weighted by molar-refractivity contribution is -0.138. The van der Waals surface area contributed by atoms with Crippen LogP contribution in [0.2, 0.25) is 0 Å². The summed E-state index contributed by atoms with van der Waals surface area (Å²) in [5.74, 6) is -1.29. The van der Waals surface area contributed by atoms with Crippen LogP contribution in [0.15, 0.2) is 30.3 Å². The van der Waals surface area contributed by atoms with Crippen LogP contribution in [0.4, 0.5) is 0 Å². The maximum Gasteiger partial charge on any atom is 0.312 e. The van der Waals surface area contributed by atoms with Gasteiger partial charge in [-0.3, -0.25) is 4.79 Å². The molecule has 1 aromatic rings. The molecule has 1 fully saturated rings. The molecule has 104 valence electrons. The van der Waals surface area contributed by atoms with Crippen LogP contribution < -0.4 is 5.32 Å². The van der Waals surface area contributed by atoms with Crippen LogP contribution in [-0.2, 0) is 9.53 Å². The zero-order valence-corrected chi connectivity index (χ0v) is 11.2. The second-order valence-electron chi connectivity index (χ2n) is 5.02. The summed E-state index contributed by atoms with van der Waals surface area (Å²) < 4.78 is 5.41. The number of nitrogens with one attached hydrogen (secondary N) is 1. The van der Waals surface area contributed by atoms with Gasteiger partial charge in [-0.2, -0.15) is 0 Å². The fraction of sp³-hybridized carbons (Fsp3) is 0.533. The lowest BCUT2D eigenvalue weighted by atomic mass is 9.99. The molecule has 0 radical (unpaired) electrons. The van der Waals surface area contributed by atoms with Gasteiger partial charge in [0.05, 0.1) is 12.0 Å². The largest absolute Gasteiger partial charge is 0.481 e. The van der Waals surface area contributed by atoms with E-state index in [-0.39, 0.29) is 12.1 Å². The first-order valence-corrected chi connectivity index (χ1v) is 6.76. The molecule has 1 aromatic carbocycles. The molecule has 0 spiro atoms. The molecular weight excluding hydrogens is 242 g/mol. The van der Waals surface area contributed by atoms with Gasteiger partial charge in [0.1, 0.15) is 0 Å². The fourth-order valence-corrected chi connectivity index (χ4v) is 2.74. The summed E-state index contributed by atoms with van der Waals surface area (Å²) >= 11 is 0. The molecule has 0 aliphatic heterocycles. The topological polar surface area (TPSA) is 58.6 Å². The first kappa shape index (κ1) is 14.0. The molecule has 3 atom stereocenters. The average Bonchev–Trinajstić information content (AvgIpc) is 2.87. The Morgan fingerprint density at radius 2 is 2.16 bits per heavy atom. The zero-order valence-electron chi connectivity index (χ0n) is 11.2. The van der Waals surface area contributed by atoms with Crippen molar-refractivity contribution in [3.63, 3.8) is 0 Å². The van der Waals surface area contributed by atoms with Crippen molar-refractivity contribution < 1.29 is 14.6 Å². The molecule has 1 saturated carbocycles. The van der Waals surface area contributed by atoms with E-state index >= 15 is 0 Å². The molecule has 4 nitrogen and oxygen atoms in total. The van der Waals surface area contributed by atoms with Gasteiger partial charge in [-0.15, -0.1) is 0 Å². The minimum Gasteiger partial charge on any atom is -0.481 e. The number of benzene rings is 1. The van der Waals surface area contributed by atoms with Gasteiger partial charge in [0, 0.05) is 19.7 Å². The fourth-order valence-electron chi connectivity index (χ4n) is 2.74. The average molecular weight is 263 g/mol. The van der Waals surface area contributed by atoms with E-state index in [1.807, 2.05) is 30.3 Å². The number of hydrogen-bond donors (Lipinski definition) is 2. The second-order valence-corrected chi connectivity index (χ2v) is 5.02. The van der Waals surface area contributed by atoms with Crippen molar-refractivity contribution in [1.82, 2.24) is 5.32 Å². The molecule has 0 bridgehead atoms. The zero-order chi connectivity index (χ0) is 13.7. The molecule has 2 rings (SSSR count). The van der Waals surface area contributed by atoms with E-state index in [2.05, 4.69) is 5.32 Å². The van der Waals surface area contributed by atoms with Crippen molar-refractivity contribution in [3.8, 4) is 0 Å². The number of carbonyl (C=O) groups is 1. The number of aliphatic carboxylic acids is 1.